The zero-order chi connectivity index (χ0) is 14.2. The summed E-state index contributed by atoms with van der Waals surface area (Å²) in [6.07, 6.45) is 6.28. The van der Waals surface area contributed by atoms with Crippen LogP contribution in [0.4, 0.5) is 5.69 Å². The van der Waals surface area contributed by atoms with Gasteiger partial charge in [-0.3, -0.25) is 4.79 Å². The number of nitrogens with zero attached hydrogens (tertiary/aromatic N) is 1. The number of carbonyl (C=O) groups excluding carboxylic acids is 1. The molecule has 20 heavy (non-hydrogen) atoms. The molecule has 1 unspecified atom stereocenters. The number of rotatable bonds is 2. The van der Waals surface area contributed by atoms with Gasteiger partial charge in [-0.25, -0.2) is 0 Å². The molecule has 0 aromatic heterocycles. The number of amides is 1. The van der Waals surface area contributed by atoms with E-state index in [1.165, 1.54) is 5.56 Å². The standard InChI is InChI=1S/C17H24N2O/c1-13-8-9-14-6-2-3-7-15(14)19(13)16(20)17(12-18)10-4-5-11-17/h2-3,6-7,13H,4-5,8-12,18H2,1H3. The van der Waals surface area contributed by atoms with Crippen LogP contribution in [0.5, 0.6) is 0 Å². The molecule has 0 saturated heterocycles. The Morgan fingerprint density at radius 1 is 1.35 bits per heavy atom. The molecule has 1 aromatic carbocycles. The predicted molar refractivity (Wildman–Crippen MR) is 81.7 cm³/mol. The van der Waals surface area contributed by atoms with Crippen molar-refractivity contribution in [3.8, 4) is 0 Å². The molecule has 1 aromatic rings. The van der Waals surface area contributed by atoms with E-state index < -0.39 is 0 Å². The van der Waals surface area contributed by atoms with E-state index in [1.807, 2.05) is 11.0 Å². The summed E-state index contributed by atoms with van der Waals surface area (Å²) in [5.41, 5.74) is 8.09. The molecule has 1 aliphatic heterocycles. The van der Waals surface area contributed by atoms with Crippen molar-refractivity contribution in [3.05, 3.63) is 29.8 Å². The summed E-state index contributed by atoms with van der Waals surface area (Å²) in [7, 11) is 0. The Bertz CT molecular complexity index is 505. The fourth-order valence-corrected chi connectivity index (χ4v) is 3.81. The highest BCUT2D eigenvalue weighted by molar-refractivity contribution is 5.99. The summed E-state index contributed by atoms with van der Waals surface area (Å²) >= 11 is 0. The number of anilines is 1. The average molecular weight is 272 g/mol. The van der Waals surface area contributed by atoms with Crippen LogP contribution < -0.4 is 10.6 Å². The van der Waals surface area contributed by atoms with Gasteiger partial charge >= 0.3 is 0 Å². The van der Waals surface area contributed by atoms with E-state index in [0.717, 1.165) is 44.2 Å². The van der Waals surface area contributed by atoms with Crippen molar-refractivity contribution in [2.75, 3.05) is 11.4 Å². The summed E-state index contributed by atoms with van der Waals surface area (Å²) in [5, 5.41) is 0. The minimum Gasteiger partial charge on any atom is -0.329 e. The maximum absolute atomic E-state index is 13.2. The van der Waals surface area contributed by atoms with Gasteiger partial charge in [-0.05, 0) is 44.2 Å². The minimum absolute atomic E-state index is 0.261. The van der Waals surface area contributed by atoms with Gasteiger partial charge in [0, 0.05) is 18.3 Å². The molecule has 3 heteroatoms. The van der Waals surface area contributed by atoms with Crippen LogP contribution in [0.1, 0.15) is 44.6 Å². The number of benzene rings is 1. The summed E-state index contributed by atoms with van der Waals surface area (Å²) in [6.45, 7) is 2.64. The molecule has 1 amide bonds. The molecule has 3 nitrogen and oxygen atoms in total. The van der Waals surface area contributed by atoms with Crippen molar-refractivity contribution in [1.82, 2.24) is 0 Å². The summed E-state index contributed by atoms with van der Waals surface area (Å²) < 4.78 is 0. The lowest BCUT2D eigenvalue weighted by molar-refractivity contribution is -0.128. The topological polar surface area (TPSA) is 46.3 Å². The van der Waals surface area contributed by atoms with Crippen molar-refractivity contribution in [3.63, 3.8) is 0 Å². The number of hydrogen-bond donors (Lipinski definition) is 1. The van der Waals surface area contributed by atoms with Gasteiger partial charge in [0.25, 0.3) is 0 Å². The lowest BCUT2D eigenvalue weighted by atomic mass is 9.82. The van der Waals surface area contributed by atoms with Gasteiger partial charge in [-0.1, -0.05) is 31.0 Å². The lowest BCUT2D eigenvalue weighted by Crippen LogP contribution is -2.51. The Morgan fingerprint density at radius 3 is 2.75 bits per heavy atom. The van der Waals surface area contributed by atoms with Crippen LogP contribution in [0.3, 0.4) is 0 Å². The SMILES string of the molecule is CC1CCc2ccccc2N1C(=O)C1(CN)CCCC1. The molecule has 1 atom stereocenters. The van der Waals surface area contributed by atoms with Gasteiger partial charge in [0.1, 0.15) is 0 Å². The lowest BCUT2D eigenvalue weighted by Gasteiger charge is -2.40. The minimum atomic E-state index is -0.307. The first-order valence-corrected chi connectivity index (χ1v) is 7.79. The third-order valence-electron chi connectivity index (χ3n) is 5.15. The molecule has 3 rings (SSSR count). The number of carbonyl (C=O) groups is 1. The zero-order valence-corrected chi connectivity index (χ0v) is 12.3. The van der Waals surface area contributed by atoms with E-state index in [9.17, 15) is 4.79 Å². The predicted octanol–water partition coefficient (Wildman–Crippen LogP) is 2.87. The quantitative estimate of drug-likeness (QED) is 0.900. The largest absolute Gasteiger partial charge is 0.329 e. The Labute approximate surface area is 121 Å². The third-order valence-corrected chi connectivity index (χ3v) is 5.15. The van der Waals surface area contributed by atoms with Gasteiger partial charge in [-0.15, -0.1) is 0 Å². The molecule has 0 bridgehead atoms. The molecule has 0 spiro atoms. The normalized spacial score (nSPS) is 24.5. The summed E-state index contributed by atoms with van der Waals surface area (Å²) in [6, 6.07) is 8.60. The van der Waals surface area contributed by atoms with Crippen molar-refractivity contribution < 1.29 is 4.79 Å². The highest BCUT2D eigenvalue weighted by Crippen LogP contribution is 2.42. The third kappa shape index (κ3) is 2.05. The maximum atomic E-state index is 13.2. The Kier molecular flexibility index (Phi) is 3.55. The maximum Gasteiger partial charge on any atom is 0.234 e. The molecular weight excluding hydrogens is 248 g/mol. The van der Waals surface area contributed by atoms with Crippen molar-refractivity contribution in [1.29, 1.82) is 0 Å². The van der Waals surface area contributed by atoms with E-state index in [4.69, 9.17) is 5.73 Å². The summed E-state index contributed by atoms with van der Waals surface area (Å²) in [4.78, 5) is 15.2. The van der Waals surface area contributed by atoms with Crippen LogP contribution in [0.15, 0.2) is 24.3 Å². The van der Waals surface area contributed by atoms with Crippen molar-refractivity contribution >= 4 is 11.6 Å². The Hall–Kier alpha value is -1.35. The van der Waals surface area contributed by atoms with Crippen LogP contribution in [0.2, 0.25) is 0 Å². The van der Waals surface area contributed by atoms with Crippen LogP contribution >= 0.6 is 0 Å². The Balaban J connectivity index is 1.98. The van der Waals surface area contributed by atoms with Crippen LogP contribution in [-0.2, 0) is 11.2 Å². The highest BCUT2D eigenvalue weighted by atomic mass is 16.2. The molecule has 2 N–H and O–H groups in total. The molecule has 1 saturated carbocycles. The van der Waals surface area contributed by atoms with Gasteiger partial charge in [0.05, 0.1) is 5.41 Å². The number of nitrogens with two attached hydrogens (primary N) is 1. The molecule has 1 heterocycles. The van der Waals surface area contributed by atoms with Gasteiger partial charge in [0.15, 0.2) is 0 Å². The molecule has 2 aliphatic rings. The molecular formula is C17H24N2O. The van der Waals surface area contributed by atoms with Crippen LogP contribution in [0.25, 0.3) is 0 Å². The van der Waals surface area contributed by atoms with Crippen molar-refractivity contribution in [2.45, 2.75) is 51.5 Å². The van der Waals surface area contributed by atoms with E-state index in [2.05, 4.69) is 25.1 Å². The van der Waals surface area contributed by atoms with E-state index in [1.54, 1.807) is 0 Å². The summed E-state index contributed by atoms with van der Waals surface area (Å²) in [5.74, 6) is 0.261. The highest BCUT2D eigenvalue weighted by Gasteiger charge is 2.44. The number of fused-ring (bicyclic) bond motifs is 1. The fourth-order valence-electron chi connectivity index (χ4n) is 3.81. The first-order valence-electron chi connectivity index (χ1n) is 7.79. The number of aryl methyl sites for hydroxylation is 1. The number of para-hydroxylation sites is 1. The van der Waals surface area contributed by atoms with E-state index in [0.29, 0.717) is 6.54 Å². The molecule has 1 aliphatic carbocycles. The molecule has 1 fully saturated rings. The Morgan fingerprint density at radius 2 is 2.05 bits per heavy atom. The van der Waals surface area contributed by atoms with Crippen molar-refractivity contribution in [2.24, 2.45) is 11.1 Å². The van der Waals surface area contributed by atoms with Gasteiger partial charge in [0.2, 0.25) is 5.91 Å². The molecule has 108 valence electrons. The average Bonchev–Trinajstić information content (AvgIpc) is 2.96. The molecule has 0 radical (unpaired) electrons. The van der Waals surface area contributed by atoms with E-state index in [-0.39, 0.29) is 17.4 Å². The first-order chi connectivity index (χ1) is 9.68. The zero-order valence-electron chi connectivity index (χ0n) is 12.3. The smallest absolute Gasteiger partial charge is 0.234 e. The van der Waals surface area contributed by atoms with Gasteiger partial charge in [-0.2, -0.15) is 0 Å². The second-order valence-corrected chi connectivity index (χ2v) is 6.38. The first kappa shape index (κ1) is 13.6. The van der Waals surface area contributed by atoms with E-state index >= 15 is 0 Å². The van der Waals surface area contributed by atoms with Crippen LogP contribution in [-0.4, -0.2) is 18.5 Å². The fraction of sp³-hybridized carbons (Fsp3) is 0.588. The number of hydrogen-bond acceptors (Lipinski definition) is 2. The van der Waals surface area contributed by atoms with Crippen LogP contribution in [0, 0.1) is 5.41 Å². The van der Waals surface area contributed by atoms with Gasteiger partial charge < -0.3 is 10.6 Å². The monoisotopic (exact) mass is 272 g/mol. The second-order valence-electron chi connectivity index (χ2n) is 6.38. The second kappa shape index (κ2) is 5.21.